The molecular formula is C15H19FN4. The standard InChI is InChI=1S/C15H19FN4/c16-12-3-5-13(6-4-12)19-14-2-1-7-20(9-14)10-15-8-17-11-18-15/h3-6,8,11,14,19H,1-2,7,9-10H2,(H,17,18)/t14-/m0/s1. The molecule has 1 saturated heterocycles. The first-order valence-electron chi connectivity index (χ1n) is 7.01. The highest BCUT2D eigenvalue weighted by Crippen LogP contribution is 2.17. The number of H-pyrrole nitrogens is 1. The number of imidazole rings is 1. The van der Waals surface area contributed by atoms with Crippen LogP contribution in [0.4, 0.5) is 10.1 Å². The summed E-state index contributed by atoms with van der Waals surface area (Å²) >= 11 is 0. The van der Waals surface area contributed by atoms with Crippen molar-refractivity contribution in [3.63, 3.8) is 0 Å². The maximum absolute atomic E-state index is 12.9. The number of aromatic amines is 1. The minimum Gasteiger partial charge on any atom is -0.381 e. The van der Waals surface area contributed by atoms with Crippen LogP contribution in [-0.2, 0) is 6.54 Å². The predicted molar refractivity (Wildman–Crippen MR) is 76.9 cm³/mol. The number of likely N-dealkylation sites (tertiary alicyclic amines) is 1. The summed E-state index contributed by atoms with van der Waals surface area (Å²) in [5.41, 5.74) is 2.13. The Balaban J connectivity index is 1.56. The third-order valence-corrected chi connectivity index (χ3v) is 3.67. The van der Waals surface area contributed by atoms with E-state index in [0.29, 0.717) is 6.04 Å². The molecule has 106 valence electrons. The van der Waals surface area contributed by atoms with E-state index >= 15 is 0 Å². The molecule has 3 rings (SSSR count). The fraction of sp³-hybridized carbons (Fsp3) is 0.400. The molecule has 1 aliphatic rings. The van der Waals surface area contributed by atoms with Crippen molar-refractivity contribution in [1.29, 1.82) is 0 Å². The molecule has 1 aromatic heterocycles. The van der Waals surface area contributed by atoms with Crippen molar-refractivity contribution in [3.8, 4) is 0 Å². The summed E-state index contributed by atoms with van der Waals surface area (Å²) in [6.45, 7) is 3.01. The van der Waals surface area contributed by atoms with Gasteiger partial charge >= 0.3 is 0 Å². The first-order valence-corrected chi connectivity index (χ1v) is 7.01. The molecule has 0 spiro atoms. The fourth-order valence-corrected chi connectivity index (χ4v) is 2.71. The third kappa shape index (κ3) is 3.36. The predicted octanol–water partition coefficient (Wildman–Crippen LogP) is 2.63. The van der Waals surface area contributed by atoms with Gasteiger partial charge in [-0.1, -0.05) is 0 Å². The SMILES string of the molecule is Fc1ccc(N[C@H]2CCCN(Cc3cnc[nH]3)C2)cc1. The number of hydrogen-bond acceptors (Lipinski definition) is 3. The number of anilines is 1. The Morgan fingerprint density at radius 2 is 2.20 bits per heavy atom. The maximum Gasteiger partial charge on any atom is 0.123 e. The maximum atomic E-state index is 12.9. The first-order chi connectivity index (χ1) is 9.79. The summed E-state index contributed by atoms with van der Waals surface area (Å²) in [6, 6.07) is 6.99. The van der Waals surface area contributed by atoms with Gasteiger partial charge in [0.1, 0.15) is 5.82 Å². The highest BCUT2D eigenvalue weighted by molar-refractivity contribution is 5.43. The van der Waals surface area contributed by atoms with E-state index in [1.54, 1.807) is 18.5 Å². The van der Waals surface area contributed by atoms with Crippen LogP contribution in [0.3, 0.4) is 0 Å². The average molecular weight is 274 g/mol. The number of benzene rings is 1. The Kier molecular flexibility index (Phi) is 3.97. The van der Waals surface area contributed by atoms with Crippen LogP contribution in [-0.4, -0.2) is 34.0 Å². The van der Waals surface area contributed by atoms with Crippen molar-refractivity contribution in [3.05, 3.63) is 48.3 Å². The van der Waals surface area contributed by atoms with Crippen molar-refractivity contribution in [2.75, 3.05) is 18.4 Å². The number of hydrogen-bond donors (Lipinski definition) is 2. The smallest absolute Gasteiger partial charge is 0.123 e. The molecule has 2 aromatic rings. The summed E-state index contributed by atoms with van der Waals surface area (Å²) in [5, 5.41) is 3.48. The molecule has 2 N–H and O–H groups in total. The second-order valence-corrected chi connectivity index (χ2v) is 5.30. The Bertz CT molecular complexity index is 523. The van der Waals surface area contributed by atoms with Gasteiger partial charge in [-0.25, -0.2) is 9.37 Å². The molecule has 1 aliphatic heterocycles. The molecule has 0 saturated carbocycles. The Morgan fingerprint density at radius 1 is 1.35 bits per heavy atom. The molecule has 4 nitrogen and oxygen atoms in total. The molecule has 0 bridgehead atoms. The minimum atomic E-state index is -0.194. The fourth-order valence-electron chi connectivity index (χ4n) is 2.71. The second-order valence-electron chi connectivity index (χ2n) is 5.30. The summed E-state index contributed by atoms with van der Waals surface area (Å²) in [7, 11) is 0. The molecule has 1 aromatic carbocycles. The third-order valence-electron chi connectivity index (χ3n) is 3.67. The lowest BCUT2D eigenvalue weighted by atomic mass is 10.1. The minimum absolute atomic E-state index is 0.194. The molecule has 0 aliphatic carbocycles. The summed E-state index contributed by atoms with van der Waals surface area (Å²) in [4.78, 5) is 9.60. The molecule has 1 atom stereocenters. The lowest BCUT2D eigenvalue weighted by Gasteiger charge is -2.33. The van der Waals surface area contributed by atoms with Gasteiger partial charge in [-0.3, -0.25) is 4.90 Å². The van der Waals surface area contributed by atoms with Crippen LogP contribution in [0.15, 0.2) is 36.8 Å². The molecule has 0 radical (unpaired) electrons. The summed E-state index contributed by atoms with van der Waals surface area (Å²) in [6.07, 6.45) is 5.91. The van der Waals surface area contributed by atoms with E-state index in [0.717, 1.165) is 37.4 Å². The normalized spacial score (nSPS) is 19.9. The zero-order valence-corrected chi connectivity index (χ0v) is 11.3. The van der Waals surface area contributed by atoms with Crippen molar-refractivity contribution in [2.24, 2.45) is 0 Å². The zero-order valence-electron chi connectivity index (χ0n) is 11.3. The average Bonchev–Trinajstić information content (AvgIpc) is 2.95. The molecule has 0 amide bonds. The van der Waals surface area contributed by atoms with Crippen LogP contribution in [0.2, 0.25) is 0 Å². The van der Waals surface area contributed by atoms with E-state index in [4.69, 9.17) is 0 Å². The lowest BCUT2D eigenvalue weighted by molar-refractivity contribution is 0.206. The quantitative estimate of drug-likeness (QED) is 0.900. The van der Waals surface area contributed by atoms with Gasteiger partial charge in [-0.15, -0.1) is 0 Å². The highest BCUT2D eigenvalue weighted by atomic mass is 19.1. The van der Waals surface area contributed by atoms with Gasteiger partial charge in [0.05, 0.1) is 6.33 Å². The van der Waals surface area contributed by atoms with Gasteiger partial charge in [-0.2, -0.15) is 0 Å². The van der Waals surface area contributed by atoms with E-state index in [2.05, 4.69) is 20.2 Å². The van der Waals surface area contributed by atoms with Crippen molar-refractivity contribution >= 4 is 5.69 Å². The Labute approximate surface area is 118 Å². The van der Waals surface area contributed by atoms with E-state index < -0.39 is 0 Å². The summed E-state index contributed by atoms with van der Waals surface area (Å²) in [5.74, 6) is -0.194. The number of nitrogens with one attached hydrogen (secondary N) is 2. The number of piperidine rings is 1. The van der Waals surface area contributed by atoms with E-state index in [9.17, 15) is 4.39 Å². The number of halogens is 1. The van der Waals surface area contributed by atoms with Gasteiger partial charge < -0.3 is 10.3 Å². The van der Waals surface area contributed by atoms with Gasteiger partial charge in [0.2, 0.25) is 0 Å². The van der Waals surface area contributed by atoms with Crippen molar-refractivity contribution in [1.82, 2.24) is 14.9 Å². The molecule has 5 heteroatoms. The molecule has 1 fully saturated rings. The number of rotatable bonds is 4. The Morgan fingerprint density at radius 3 is 2.95 bits per heavy atom. The van der Waals surface area contributed by atoms with Crippen LogP contribution < -0.4 is 5.32 Å². The molecule has 20 heavy (non-hydrogen) atoms. The molecule has 2 heterocycles. The molecule has 0 unspecified atom stereocenters. The Hall–Kier alpha value is -1.88. The van der Waals surface area contributed by atoms with Gasteiger partial charge in [0.15, 0.2) is 0 Å². The molecular weight excluding hydrogens is 255 g/mol. The van der Waals surface area contributed by atoms with Gasteiger partial charge in [0.25, 0.3) is 0 Å². The highest BCUT2D eigenvalue weighted by Gasteiger charge is 2.20. The van der Waals surface area contributed by atoms with E-state index in [1.165, 1.54) is 18.6 Å². The van der Waals surface area contributed by atoms with E-state index in [1.807, 2.05) is 6.20 Å². The van der Waals surface area contributed by atoms with Crippen LogP contribution in [0, 0.1) is 5.82 Å². The van der Waals surface area contributed by atoms with Crippen molar-refractivity contribution in [2.45, 2.75) is 25.4 Å². The largest absolute Gasteiger partial charge is 0.381 e. The number of aromatic nitrogens is 2. The number of nitrogens with zero attached hydrogens (tertiary/aromatic N) is 2. The zero-order chi connectivity index (χ0) is 13.8. The monoisotopic (exact) mass is 274 g/mol. The van der Waals surface area contributed by atoms with Crippen LogP contribution in [0.25, 0.3) is 0 Å². The topological polar surface area (TPSA) is 44.0 Å². The van der Waals surface area contributed by atoms with Crippen LogP contribution >= 0.6 is 0 Å². The lowest BCUT2D eigenvalue weighted by Crippen LogP contribution is -2.41. The van der Waals surface area contributed by atoms with Crippen molar-refractivity contribution < 1.29 is 4.39 Å². The first kappa shape index (κ1) is 13.1. The van der Waals surface area contributed by atoms with Gasteiger partial charge in [-0.05, 0) is 43.7 Å². The van der Waals surface area contributed by atoms with E-state index in [-0.39, 0.29) is 5.82 Å². The van der Waals surface area contributed by atoms with Crippen LogP contribution in [0.1, 0.15) is 18.5 Å². The summed E-state index contributed by atoms with van der Waals surface area (Å²) < 4.78 is 12.9. The second kappa shape index (κ2) is 6.05. The van der Waals surface area contributed by atoms with Gasteiger partial charge in [0, 0.05) is 36.7 Å². The van der Waals surface area contributed by atoms with Crippen LogP contribution in [0.5, 0.6) is 0 Å².